The van der Waals surface area contributed by atoms with Gasteiger partial charge in [0, 0.05) is 38.0 Å². The average molecular weight is 568 g/mol. The highest BCUT2D eigenvalue weighted by Crippen LogP contribution is 2.23. The SMILES string of the molecule is CCNC(=O)C(Cc1ccccc1)N(Cc1ccccc1F)C(=O)CCCN(c1cc(C)cc(C)c1)S(C)(=O)=O. The highest BCUT2D eigenvalue weighted by molar-refractivity contribution is 7.92. The largest absolute Gasteiger partial charge is 0.355 e. The minimum atomic E-state index is -3.61. The van der Waals surface area contributed by atoms with E-state index < -0.39 is 21.9 Å². The van der Waals surface area contributed by atoms with Gasteiger partial charge in [-0.05, 0) is 62.1 Å². The second kappa shape index (κ2) is 14.1. The van der Waals surface area contributed by atoms with Crippen molar-refractivity contribution in [3.8, 4) is 0 Å². The van der Waals surface area contributed by atoms with Crippen LogP contribution in [0, 0.1) is 19.7 Å². The minimum absolute atomic E-state index is 0.0179. The lowest BCUT2D eigenvalue weighted by Crippen LogP contribution is -2.50. The van der Waals surface area contributed by atoms with Gasteiger partial charge in [0.25, 0.3) is 0 Å². The van der Waals surface area contributed by atoms with Crippen LogP contribution in [-0.4, -0.2) is 50.5 Å². The summed E-state index contributed by atoms with van der Waals surface area (Å²) in [6, 6.07) is 20.2. The number of sulfonamides is 1. The normalized spacial score (nSPS) is 12.0. The second-order valence-corrected chi connectivity index (χ2v) is 11.9. The van der Waals surface area contributed by atoms with E-state index in [0.29, 0.717) is 17.8 Å². The molecule has 1 unspecified atom stereocenters. The fraction of sp³-hybridized carbons (Fsp3) is 0.355. The first-order chi connectivity index (χ1) is 19.0. The quantitative estimate of drug-likeness (QED) is 0.323. The van der Waals surface area contributed by atoms with Crippen LogP contribution in [0.5, 0.6) is 0 Å². The van der Waals surface area contributed by atoms with Crippen molar-refractivity contribution in [1.82, 2.24) is 10.2 Å². The van der Waals surface area contributed by atoms with Crippen LogP contribution in [0.2, 0.25) is 0 Å². The van der Waals surface area contributed by atoms with Crippen LogP contribution in [0.25, 0.3) is 0 Å². The third-order valence-corrected chi connectivity index (χ3v) is 7.76. The average Bonchev–Trinajstić information content (AvgIpc) is 2.89. The molecule has 214 valence electrons. The molecule has 0 fully saturated rings. The summed E-state index contributed by atoms with van der Waals surface area (Å²) in [5.74, 6) is -1.15. The van der Waals surface area contributed by atoms with E-state index in [1.54, 1.807) is 37.3 Å². The van der Waals surface area contributed by atoms with Gasteiger partial charge in [-0.1, -0.05) is 54.6 Å². The number of nitrogens with one attached hydrogen (secondary N) is 1. The lowest BCUT2D eigenvalue weighted by atomic mass is 10.0. The molecule has 1 N–H and O–H groups in total. The maximum Gasteiger partial charge on any atom is 0.243 e. The van der Waals surface area contributed by atoms with Crippen molar-refractivity contribution in [2.24, 2.45) is 0 Å². The van der Waals surface area contributed by atoms with E-state index in [1.165, 1.54) is 15.3 Å². The molecule has 1 atom stereocenters. The number of hydrogen-bond acceptors (Lipinski definition) is 4. The molecular weight excluding hydrogens is 529 g/mol. The molecule has 7 nitrogen and oxygen atoms in total. The van der Waals surface area contributed by atoms with E-state index in [9.17, 15) is 22.4 Å². The predicted octanol–water partition coefficient (Wildman–Crippen LogP) is 4.76. The van der Waals surface area contributed by atoms with E-state index in [1.807, 2.05) is 50.2 Å². The summed E-state index contributed by atoms with van der Waals surface area (Å²) in [5.41, 5.74) is 3.57. The molecule has 0 saturated heterocycles. The summed E-state index contributed by atoms with van der Waals surface area (Å²) in [6.45, 7) is 5.97. The molecule has 0 saturated carbocycles. The number of rotatable bonds is 13. The molecule has 2 amide bonds. The summed E-state index contributed by atoms with van der Waals surface area (Å²) < 4.78 is 41.3. The number of anilines is 1. The number of likely N-dealkylation sites (N-methyl/N-ethyl adjacent to an activating group) is 1. The van der Waals surface area contributed by atoms with Crippen LogP contribution < -0.4 is 9.62 Å². The number of aryl methyl sites for hydroxylation is 2. The molecule has 0 aliphatic rings. The summed E-state index contributed by atoms with van der Waals surface area (Å²) in [5, 5.41) is 2.81. The number of carbonyl (C=O) groups is 2. The van der Waals surface area contributed by atoms with Gasteiger partial charge in [0.15, 0.2) is 0 Å². The van der Waals surface area contributed by atoms with Crippen molar-refractivity contribution in [3.63, 3.8) is 0 Å². The highest BCUT2D eigenvalue weighted by Gasteiger charge is 2.31. The monoisotopic (exact) mass is 567 g/mol. The van der Waals surface area contributed by atoms with Crippen LogP contribution in [0.4, 0.5) is 10.1 Å². The number of benzene rings is 3. The molecule has 0 aliphatic carbocycles. The third-order valence-electron chi connectivity index (χ3n) is 6.57. The number of hydrogen-bond donors (Lipinski definition) is 1. The number of carbonyl (C=O) groups excluding carboxylic acids is 2. The fourth-order valence-corrected chi connectivity index (χ4v) is 5.70. The molecule has 0 heterocycles. The van der Waals surface area contributed by atoms with Crippen LogP contribution in [-0.2, 0) is 32.6 Å². The van der Waals surface area contributed by atoms with Crippen LogP contribution in [0.15, 0.2) is 72.8 Å². The molecule has 3 aromatic carbocycles. The summed E-state index contributed by atoms with van der Waals surface area (Å²) in [6.07, 6.45) is 1.60. The van der Waals surface area contributed by atoms with Gasteiger partial charge >= 0.3 is 0 Å². The zero-order valence-electron chi connectivity index (χ0n) is 23.6. The second-order valence-electron chi connectivity index (χ2n) is 10.00. The number of halogens is 1. The van der Waals surface area contributed by atoms with Gasteiger partial charge in [-0.2, -0.15) is 0 Å². The van der Waals surface area contributed by atoms with Crippen molar-refractivity contribution < 1.29 is 22.4 Å². The maximum absolute atomic E-state index is 14.7. The Labute approximate surface area is 237 Å². The molecule has 0 bridgehead atoms. The van der Waals surface area contributed by atoms with Crippen LogP contribution in [0.1, 0.15) is 42.0 Å². The van der Waals surface area contributed by atoms with Crippen molar-refractivity contribution in [1.29, 1.82) is 0 Å². The summed E-state index contributed by atoms with van der Waals surface area (Å²) in [7, 11) is -3.61. The van der Waals surface area contributed by atoms with Crippen molar-refractivity contribution in [2.75, 3.05) is 23.7 Å². The van der Waals surface area contributed by atoms with Gasteiger partial charge in [0.2, 0.25) is 21.8 Å². The Kier molecular flexibility index (Phi) is 10.8. The van der Waals surface area contributed by atoms with Gasteiger partial charge in [-0.3, -0.25) is 13.9 Å². The summed E-state index contributed by atoms with van der Waals surface area (Å²) >= 11 is 0. The lowest BCUT2D eigenvalue weighted by molar-refractivity contribution is -0.141. The van der Waals surface area contributed by atoms with Gasteiger partial charge in [0.1, 0.15) is 11.9 Å². The smallest absolute Gasteiger partial charge is 0.243 e. The lowest BCUT2D eigenvalue weighted by Gasteiger charge is -2.32. The molecular formula is C31H38FN3O4S. The molecule has 0 aromatic heterocycles. The zero-order chi connectivity index (χ0) is 29.3. The number of nitrogens with zero attached hydrogens (tertiary/aromatic N) is 2. The Bertz CT molecular complexity index is 1390. The topological polar surface area (TPSA) is 86.8 Å². The molecule has 3 aromatic rings. The van der Waals surface area contributed by atoms with Gasteiger partial charge in [0.05, 0.1) is 11.9 Å². The summed E-state index contributed by atoms with van der Waals surface area (Å²) in [4.78, 5) is 28.4. The van der Waals surface area contributed by atoms with E-state index in [4.69, 9.17) is 0 Å². The first-order valence-corrected chi connectivity index (χ1v) is 15.2. The first-order valence-electron chi connectivity index (χ1n) is 13.4. The first kappa shape index (κ1) is 30.8. The Morgan fingerprint density at radius 3 is 2.17 bits per heavy atom. The maximum atomic E-state index is 14.7. The van der Waals surface area contributed by atoms with Crippen molar-refractivity contribution in [2.45, 2.75) is 52.6 Å². The van der Waals surface area contributed by atoms with Crippen molar-refractivity contribution >= 4 is 27.5 Å². The van der Waals surface area contributed by atoms with Crippen molar-refractivity contribution in [3.05, 3.63) is 101 Å². The zero-order valence-corrected chi connectivity index (χ0v) is 24.4. The Balaban J connectivity index is 1.88. The predicted molar refractivity (Wildman–Crippen MR) is 157 cm³/mol. The number of amides is 2. The Hall–Kier alpha value is -3.72. The van der Waals surface area contributed by atoms with Gasteiger partial charge in [-0.15, -0.1) is 0 Å². The Morgan fingerprint density at radius 1 is 0.950 bits per heavy atom. The molecule has 0 radical (unpaired) electrons. The van der Waals surface area contributed by atoms with E-state index in [2.05, 4.69) is 5.32 Å². The highest BCUT2D eigenvalue weighted by atomic mass is 32.2. The van der Waals surface area contributed by atoms with Gasteiger partial charge in [-0.25, -0.2) is 12.8 Å². The van der Waals surface area contributed by atoms with E-state index in [-0.39, 0.29) is 44.2 Å². The molecule has 40 heavy (non-hydrogen) atoms. The fourth-order valence-electron chi connectivity index (χ4n) is 4.75. The molecule has 0 aliphatic heterocycles. The molecule has 3 rings (SSSR count). The van der Waals surface area contributed by atoms with E-state index >= 15 is 0 Å². The molecule has 0 spiro atoms. The molecule has 9 heteroatoms. The van der Waals surface area contributed by atoms with Crippen LogP contribution >= 0.6 is 0 Å². The van der Waals surface area contributed by atoms with Gasteiger partial charge < -0.3 is 10.2 Å². The Morgan fingerprint density at radius 2 is 1.57 bits per heavy atom. The standard InChI is InChI=1S/C31H38FN3O4S/c1-5-33-31(37)29(21-25-12-7-6-8-13-25)34(22-26-14-9-10-15-28(26)32)30(36)16-11-17-35(40(4,38)39)27-19-23(2)18-24(3)20-27/h6-10,12-15,18-20,29H,5,11,16-17,21-22H2,1-4H3,(H,33,37). The van der Waals surface area contributed by atoms with E-state index in [0.717, 1.165) is 22.9 Å². The van der Waals surface area contributed by atoms with Crippen LogP contribution in [0.3, 0.4) is 0 Å². The third kappa shape index (κ3) is 8.64. The minimum Gasteiger partial charge on any atom is -0.355 e.